The highest BCUT2D eigenvalue weighted by Gasteiger charge is 2.13. The summed E-state index contributed by atoms with van der Waals surface area (Å²) < 4.78 is 5.33. The van der Waals surface area contributed by atoms with Gasteiger partial charge in [-0.2, -0.15) is 0 Å². The highest BCUT2D eigenvalue weighted by Crippen LogP contribution is 2.26. The fourth-order valence-corrected chi connectivity index (χ4v) is 3.68. The van der Waals surface area contributed by atoms with E-state index in [9.17, 15) is 4.79 Å². The van der Waals surface area contributed by atoms with Crippen molar-refractivity contribution in [2.24, 2.45) is 0 Å². The third-order valence-electron chi connectivity index (χ3n) is 4.01. The van der Waals surface area contributed by atoms with Crippen LogP contribution in [0.2, 0.25) is 0 Å². The maximum Gasteiger partial charge on any atom is 0.225 e. The number of benzene rings is 1. The van der Waals surface area contributed by atoms with Gasteiger partial charge in [-0.1, -0.05) is 24.3 Å². The average Bonchev–Trinajstić information content (AvgIpc) is 3.03. The van der Waals surface area contributed by atoms with E-state index in [-0.39, 0.29) is 5.91 Å². The van der Waals surface area contributed by atoms with Crippen LogP contribution in [0.3, 0.4) is 0 Å². The molecule has 0 atom stereocenters. The Hall–Kier alpha value is -2.73. The fourth-order valence-electron chi connectivity index (χ4n) is 2.65. The molecule has 0 aliphatic carbocycles. The van der Waals surface area contributed by atoms with E-state index in [2.05, 4.69) is 15.3 Å². The molecule has 0 aliphatic heterocycles. The van der Waals surface area contributed by atoms with Crippen LogP contribution in [-0.2, 0) is 17.6 Å². The van der Waals surface area contributed by atoms with Gasteiger partial charge in [0.1, 0.15) is 10.8 Å². The molecule has 0 radical (unpaired) electrons. The molecule has 0 unspecified atom stereocenters. The zero-order chi connectivity index (χ0) is 18.4. The highest BCUT2D eigenvalue weighted by molar-refractivity contribution is 7.15. The Kier molecular flexibility index (Phi) is 5.96. The van der Waals surface area contributed by atoms with E-state index in [0.29, 0.717) is 13.0 Å². The number of thiazole rings is 1. The van der Waals surface area contributed by atoms with Crippen molar-refractivity contribution in [3.05, 3.63) is 64.8 Å². The number of ether oxygens (including phenoxy) is 1. The van der Waals surface area contributed by atoms with Crippen molar-refractivity contribution in [1.82, 2.24) is 15.3 Å². The molecule has 1 aromatic carbocycles. The molecule has 6 heteroatoms. The molecule has 0 spiro atoms. The quantitative estimate of drug-likeness (QED) is 0.695. The second-order valence-corrected chi connectivity index (χ2v) is 6.91. The van der Waals surface area contributed by atoms with Crippen LogP contribution >= 0.6 is 11.3 Å². The van der Waals surface area contributed by atoms with Gasteiger partial charge >= 0.3 is 0 Å². The zero-order valence-corrected chi connectivity index (χ0v) is 15.7. The van der Waals surface area contributed by atoms with Crippen LogP contribution in [0.25, 0.3) is 10.7 Å². The Balaban J connectivity index is 1.56. The standard InChI is InChI=1S/C20H21N3O2S/c1-14-18(26-20(23-14)16-8-5-6-11-21-16)13-19(24)22-12-10-15-7-3-4-9-17(15)25-2/h3-9,11H,10,12-13H2,1-2H3,(H,22,24). The lowest BCUT2D eigenvalue weighted by molar-refractivity contribution is -0.120. The van der Waals surface area contributed by atoms with Crippen LogP contribution < -0.4 is 10.1 Å². The first-order chi connectivity index (χ1) is 12.7. The largest absolute Gasteiger partial charge is 0.496 e. The Labute approximate surface area is 157 Å². The number of carbonyl (C=O) groups excluding carboxylic acids is 1. The third-order valence-corrected chi connectivity index (χ3v) is 5.19. The number of pyridine rings is 1. The number of nitrogens with zero attached hydrogens (tertiary/aromatic N) is 2. The lowest BCUT2D eigenvalue weighted by atomic mass is 10.1. The van der Waals surface area contributed by atoms with Gasteiger partial charge in [0.2, 0.25) is 5.91 Å². The molecule has 0 saturated carbocycles. The lowest BCUT2D eigenvalue weighted by Crippen LogP contribution is -2.27. The monoisotopic (exact) mass is 367 g/mol. The van der Waals surface area contributed by atoms with Crippen LogP contribution in [0, 0.1) is 6.92 Å². The summed E-state index contributed by atoms with van der Waals surface area (Å²) in [5.41, 5.74) is 2.81. The second-order valence-electron chi connectivity index (χ2n) is 5.83. The van der Waals surface area contributed by atoms with Crippen molar-refractivity contribution in [1.29, 1.82) is 0 Å². The smallest absolute Gasteiger partial charge is 0.225 e. The number of aryl methyl sites for hydroxylation is 1. The number of hydrogen-bond donors (Lipinski definition) is 1. The third kappa shape index (κ3) is 4.46. The molecule has 0 aliphatic rings. The summed E-state index contributed by atoms with van der Waals surface area (Å²) in [4.78, 5) is 22.1. The summed E-state index contributed by atoms with van der Waals surface area (Å²) in [5, 5.41) is 3.82. The predicted octanol–water partition coefficient (Wildman–Crippen LogP) is 3.42. The van der Waals surface area contributed by atoms with E-state index >= 15 is 0 Å². The van der Waals surface area contributed by atoms with Crippen LogP contribution in [0.15, 0.2) is 48.7 Å². The molecule has 1 N–H and O–H groups in total. The van der Waals surface area contributed by atoms with E-state index in [4.69, 9.17) is 4.74 Å². The summed E-state index contributed by atoms with van der Waals surface area (Å²) in [6, 6.07) is 13.6. The number of rotatable bonds is 7. The number of carbonyl (C=O) groups is 1. The molecule has 0 saturated heterocycles. The van der Waals surface area contributed by atoms with E-state index < -0.39 is 0 Å². The van der Waals surface area contributed by atoms with Gasteiger partial charge in [-0.15, -0.1) is 11.3 Å². The molecule has 134 valence electrons. The van der Waals surface area contributed by atoms with E-state index in [0.717, 1.165) is 39.0 Å². The van der Waals surface area contributed by atoms with Gasteiger partial charge < -0.3 is 10.1 Å². The fraction of sp³-hybridized carbons (Fsp3) is 0.250. The van der Waals surface area contributed by atoms with Crippen molar-refractivity contribution in [3.63, 3.8) is 0 Å². The molecule has 0 bridgehead atoms. The summed E-state index contributed by atoms with van der Waals surface area (Å²) in [6.45, 7) is 2.50. The molecule has 26 heavy (non-hydrogen) atoms. The molecular formula is C20H21N3O2S. The van der Waals surface area contributed by atoms with Gasteiger partial charge in [-0.25, -0.2) is 4.98 Å². The number of amides is 1. The molecule has 5 nitrogen and oxygen atoms in total. The van der Waals surface area contributed by atoms with E-state index in [1.165, 1.54) is 11.3 Å². The van der Waals surface area contributed by atoms with Crippen LogP contribution in [-0.4, -0.2) is 29.5 Å². The van der Waals surface area contributed by atoms with Crippen molar-refractivity contribution >= 4 is 17.2 Å². The first-order valence-electron chi connectivity index (χ1n) is 8.43. The molecule has 1 amide bonds. The highest BCUT2D eigenvalue weighted by atomic mass is 32.1. The summed E-state index contributed by atoms with van der Waals surface area (Å²) >= 11 is 1.52. The molecular weight excluding hydrogens is 346 g/mol. The minimum absolute atomic E-state index is 0.000723. The Morgan fingerprint density at radius 2 is 2.00 bits per heavy atom. The van der Waals surface area contributed by atoms with Crippen molar-refractivity contribution in [2.75, 3.05) is 13.7 Å². The number of hydrogen-bond acceptors (Lipinski definition) is 5. The number of methoxy groups -OCH3 is 1. The summed E-state index contributed by atoms with van der Waals surface area (Å²) in [5.74, 6) is 0.847. The van der Waals surface area contributed by atoms with Gasteiger partial charge in [0.05, 0.1) is 24.9 Å². The summed E-state index contributed by atoms with van der Waals surface area (Å²) in [7, 11) is 1.66. The van der Waals surface area contributed by atoms with Gasteiger partial charge in [-0.05, 0) is 37.1 Å². The summed E-state index contributed by atoms with van der Waals surface area (Å²) in [6.07, 6.45) is 2.81. The molecule has 2 heterocycles. The zero-order valence-electron chi connectivity index (χ0n) is 14.9. The first kappa shape index (κ1) is 18.1. The number of para-hydroxylation sites is 1. The van der Waals surface area contributed by atoms with Crippen LogP contribution in [0.5, 0.6) is 5.75 Å². The topological polar surface area (TPSA) is 64.1 Å². The maximum atomic E-state index is 12.3. The Bertz CT molecular complexity index is 878. The number of aromatic nitrogens is 2. The SMILES string of the molecule is COc1ccccc1CCNC(=O)Cc1sc(-c2ccccn2)nc1C. The van der Waals surface area contributed by atoms with Gasteiger partial charge in [0.15, 0.2) is 0 Å². The van der Waals surface area contributed by atoms with Crippen LogP contribution in [0.1, 0.15) is 16.1 Å². The van der Waals surface area contributed by atoms with E-state index in [1.807, 2.05) is 49.4 Å². The molecule has 3 aromatic rings. The Morgan fingerprint density at radius 1 is 1.19 bits per heavy atom. The molecule has 0 fully saturated rings. The van der Waals surface area contributed by atoms with Crippen LogP contribution in [0.4, 0.5) is 0 Å². The molecule has 3 rings (SSSR count). The molecule has 2 aromatic heterocycles. The first-order valence-corrected chi connectivity index (χ1v) is 9.25. The van der Waals surface area contributed by atoms with Gasteiger partial charge in [0.25, 0.3) is 0 Å². The Morgan fingerprint density at radius 3 is 2.77 bits per heavy atom. The normalized spacial score (nSPS) is 10.5. The average molecular weight is 367 g/mol. The van der Waals surface area contributed by atoms with E-state index in [1.54, 1.807) is 13.3 Å². The lowest BCUT2D eigenvalue weighted by Gasteiger charge is -2.09. The van der Waals surface area contributed by atoms with Gasteiger partial charge in [0, 0.05) is 17.6 Å². The number of nitrogens with one attached hydrogen (secondary N) is 1. The minimum Gasteiger partial charge on any atom is -0.496 e. The van der Waals surface area contributed by atoms with Gasteiger partial charge in [-0.3, -0.25) is 9.78 Å². The maximum absolute atomic E-state index is 12.3. The van der Waals surface area contributed by atoms with Crippen molar-refractivity contribution < 1.29 is 9.53 Å². The minimum atomic E-state index is -0.000723. The predicted molar refractivity (Wildman–Crippen MR) is 103 cm³/mol. The van der Waals surface area contributed by atoms with Crippen molar-refractivity contribution in [2.45, 2.75) is 19.8 Å². The van der Waals surface area contributed by atoms with Crippen molar-refractivity contribution in [3.8, 4) is 16.5 Å². The second kappa shape index (κ2) is 8.58.